The van der Waals surface area contributed by atoms with E-state index in [1.165, 1.54) is 5.57 Å². The maximum Gasteiger partial charge on any atom is 0.408 e. The lowest BCUT2D eigenvalue weighted by Crippen LogP contribution is -2.49. The van der Waals surface area contributed by atoms with Crippen molar-refractivity contribution in [2.24, 2.45) is 0 Å². The van der Waals surface area contributed by atoms with Crippen LogP contribution in [-0.4, -0.2) is 17.2 Å². The molecular formula is C13H23NO2. The second-order valence-electron chi connectivity index (χ2n) is 5.94. The summed E-state index contributed by atoms with van der Waals surface area (Å²) in [4.78, 5) is 11.7. The van der Waals surface area contributed by atoms with Crippen molar-refractivity contribution in [1.29, 1.82) is 0 Å². The fourth-order valence-corrected chi connectivity index (χ4v) is 1.83. The molecule has 0 unspecified atom stereocenters. The van der Waals surface area contributed by atoms with Gasteiger partial charge in [0.05, 0.1) is 0 Å². The van der Waals surface area contributed by atoms with Crippen LogP contribution < -0.4 is 5.32 Å². The lowest BCUT2D eigenvalue weighted by Gasteiger charge is -2.35. The number of hydrogen-bond acceptors (Lipinski definition) is 2. The summed E-state index contributed by atoms with van der Waals surface area (Å²) >= 11 is 0. The fourth-order valence-electron chi connectivity index (χ4n) is 1.83. The zero-order chi connectivity index (χ0) is 12.4. The van der Waals surface area contributed by atoms with Gasteiger partial charge in [0, 0.05) is 5.54 Å². The van der Waals surface area contributed by atoms with E-state index < -0.39 is 5.60 Å². The van der Waals surface area contributed by atoms with E-state index in [4.69, 9.17) is 4.74 Å². The second-order valence-corrected chi connectivity index (χ2v) is 5.94. The van der Waals surface area contributed by atoms with Gasteiger partial charge in [0.2, 0.25) is 0 Å². The number of allylic oxidation sites excluding steroid dienone is 1. The summed E-state index contributed by atoms with van der Waals surface area (Å²) in [5.41, 5.74) is 0.714. The molecule has 0 atom stereocenters. The summed E-state index contributed by atoms with van der Waals surface area (Å²) in [6.07, 6.45) is 3.57. The average Bonchev–Trinajstić information content (AvgIpc) is 2.07. The summed E-state index contributed by atoms with van der Waals surface area (Å²) in [5.74, 6) is 0. The van der Waals surface area contributed by atoms with Gasteiger partial charge in [-0.3, -0.25) is 0 Å². The second kappa shape index (κ2) is 4.48. The molecule has 0 saturated heterocycles. The molecule has 1 N–H and O–H groups in total. The van der Waals surface area contributed by atoms with Crippen LogP contribution in [0.2, 0.25) is 0 Å². The lowest BCUT2D eigenvalue weighted by atomic mass is 9.81. The van der Waals surface area contributed by atoms with Crippen LogP contribution in [0.3, 0.4) is 0 Å². The van der Waals surface area contributed by atoms with Crippen molar-refractivity contribution in [2.75, 3.05) is 0 Å². The molecule has 1 rings (SSSR count). The Balaban J connectivity index is 2.47. The smallest absolute Gasteiger partial charge is 0.408 e. The van der Waals surface area contributed by atoms with Crippen molar-refractivity contribution in [3.8, 4) is 0 Å². The zero-order valence-electron chi connectivity index (χ0n) is 10.9. The van der Waals surface area contributed by atoms with Crippen molar-refractivity contribution in [3.05, 3.63) is 12.2 Å². The normalized spacial score (nSPS) is 20.4. The molecule has 1 fully saturated rings. The van der Waals surface area contributed by atoms with E-state index in [9.17, 15) is 4.79 Å². The maximum atomic E-state index is 11.7. The minimum atomic E-state index is -0.432. The highest BCUT2D eigenvalue weighted by atomic mass is 16.6. The van der Waals surface area contributed by atoms with E-state index in [0.717, 1.165) is 25.7 Å². The van der Waals surface area contributed by atoms with Crippen molar-refractivity contribution in [3.63, 3.8) is 0 Å². The van der Waals surface area contributed by atoms with Crippen LogP contribution in [0.1, 0.15) is 53.4 Å². The first-order chi connectivity index (χ1) is 7.20. The average molecular weight is 225 g/mol. The summed E-state index contributed by atoms with van der Waals surface area (Å²) in [5, 5.41) is 2.97. The van der Waals surface area contributed by atoms with Crippen LogP contribution >= 0.6 is 0 Å². The van der Waals surface area contributed by atoms with Crippen molar-refractivity contribution in [1.82, 2.24) is 5.32 Å². The molecule has 0 spiro atoms. The Bertz CT molecular complexity index is 279. The van der Waals surface area contributed by atoms with Gasteiger partial charge in [0.1, 0.15) is 5.60 Å². The van der Waals surface area contributed by atoms with Crippen LogP contribution in [0.5, 0.6) is 0 Å². The van der Waals surface area contributed by atoms with Gasteiger partial charge in [-0.2, -0.15) is 0 Å². The van der Waals surface area contributed by atoms with Crippen LogP contribution in [0, 0.1) is 0 Å². The first-order valence-corrected chi connectivity index (χ1v) is 5.88. The molecule has 0 aromatic rings. The van der Waals surface area contributed by atoms with Gasteiger partial charge in [-0.25, -0.2) is 4.79 Å². The third-order valence-electron chi connectivity index (χ3n) is 2.86. The highest BCUT2D eigenvalue weighted by Gasteiger charge is 2.31. The molecule has 1 saturated carbocycles. The highest BCUT2D eigenvalue weighted by molar-refractivity contribution is 5.68. The quantitative estimate of drug-likeness (QED) is 0.694. The number of carbonyl (C=O) groups is 1. The molecule has 1 aliphatic carbocycles. The van der Waals surface area contributed by atoms with Gasteiger partial charge in [-0.1, -0.05) is 12.2 Å². The van der Waals surface area contributed by atoms with E-state index in [0.29, 0.717) is 0 Å². The maximum absolute atomic E-state index is 11.7. The molecule has 1 amide bonds. The highest BCUT2D eigenvalue weighted by Crippen LogP contribution is 2.30. The first kappa shape index (κ1) is 13.1. The minimum Gasteiger partial charge on any atom is -0.444 e. The standard InChI is InChI=1S/C13H23NO2/c1-10-6-8-13(5,9-7-10)14-11(15)16-12(2,3)4/h1,6-9H2,2-5H3,(H,14,15). The summed E-state index contributed by atoms with van der Waals surface area (Å²) < 4.78 is 5.26. The fraction of sp³-hybridized carbons (Fsp3) is 0.769. The molecule has 16 heavy (non-hydrogen) atoms. The van der Waals surface area contributed by atoms with Gasteiger partial charge in [-0.05, 0) is 53.4 Å². The molecule has 0 aliphatic heterocycles. The summed E-state index contributed by atoms with van der Waals surface area (Å²) in [7, 11) is 0. The van der Waals surface area contributed by atoms with Crippen LogP contribution in [0.25, 0.3) is 0 Å². The molecule has 3 nitrogen and oxygen atoms in total. The molecule has 0 radical (unpaired) electrons. The predicted molar refractivity (Wildman–Crippen MR) is 65.4 cm³/mol. The molecule has 1 aliphatic rings. The number of ether oxygens (including phenoxy) is 1. The number of nitrogens with one attached hydrogen (secondary N) is 1. The Hall–Kier alpha value is -0.990. The number of hydrogen-bond donors (Lipinski definition) is 1. The topological polar surface area (TPSA) is 38.3 Å². The molecule has 92 valence electrons. The number of rotatable bonds is 1. The Morgan fingerprint density at radius 3 is 2.31 bits per heavy atom. The molecule has 0 bridgehead atoms. The Morgan fingerprint density at radius 2 is 1.88 bits per heavy atom. The largest absolute Gasteiger partial charge is 0.444 e. The van der Waals surface area contributed by atoms with Crippen molar-refractivity contribution in [2.45, 2.75) is 64.5 Å². The molecule has 0 aromatic carbocycles. The first-order valence-electron chi connectivity index (χ1n) is 5.88. The minimum absolute atomic E-state index is 0.135. The number of amides is 1. The van der Waals surface area contributed by atoms with Crippen molar-refractivity contribution < 1.29 is 9.53 Å². The predicted octanol–water partition coefficient (Wildman–Crippen LogP) is 3.40. The van der Waals surface area contributed by atoms with E-state index >= 15 is 0 Å². The summed E-state index contributed by atoms with van der Waals surface area (Å²) in [6.45, 7) is 11.7. The monoisotopic (exact) mass is 225 g/mol. The Labute approximate surface area is 98.2 Å². The van der Waals surface area contributed by atoms with Gasteiger partial charge >= 0.3 is 6.09 Å². The van der Waals surface area contributed by atoms with Gasteiger partial charge in [0.15, 0.2) is 0 Å². The zero-order valence-corrected chi connectivity index (χ0v) is 10.9. The van der Waals surface area contributed by atoms with Gasteiger partial charge in [-0.15, -0.1) is 0 Å². The van der Waals surface area contributed by atoms with E-state index in [2.05, 4.69) is 18.8 Å². The number of alkyl carbamates (subject to hydrolysis) is 1. The Kier molecular flexibility index (Phi) is 3.66. The third kappa shape index (κ3) is 4.25. The molecular weight excluding hydrogens is 202 g/mol. The third-order valence-corrected chi connectivity index (χ3v) is 2.86. The van der Waals surface area contributed by atoms with Crippen LogP contribution in [0.4, 0.5) is 4.79 Å². The van der Waals surface area contributed by atoms with Crippen LogP contribution in [0.15, 0.2) is 12.2 Å². The van der Waals surface area contributed by atoms with Crippen LogP contribution in [-0.2, 0) is 4.74 Å². The van der Waals surface area contributed by atoms with E-state index in [1.807, 2.05) is 20.8 Å². The molecule has 0 aromatic heterocycles. The Morgan fingerprint density at radius 1 is 1.38 bits per heavy atom. The van der Waals surface area contributed by atoms with Gasteiger partial charge < -0.3 is 10.1 Å². The van der Waals surface area contributed by atoms with Crippen molar-refractivity contribution >= 4 is 6.09 Å². The lowest BCUT2D eigenvalue weighted by molar-refractivity contribution is 0.0446. The number of carbonyl (C=O) groups excluding carboxylic acids is 1. The SMILES string of the molecule is C=C1CCC(C)(NC(=O)OC(C)(C)C)CC1. The van der Waals surface area contributed by atoms with E-state index in [-0.39, 0.29) is 11.6 Å². The summed E-state index contributed by atoms with van der Waals surface area (Å²) in [6, 6.07) is 0. The van der Waals surface area contributed by atoms with E-state index in [1.54, 1.807) is 0 Å². The molecule has 0 heterocycles. The molecule has 3 heteroatoms. The van der Waals surface area contributed by atoms with Gasteiger partial charge in [0.25, 0.3) is 0 Å².